The summed E-state index contributed by atoms with van der Waals surface area (Å²) >= 11 is 6.10. The number of amides is 1. The zero-order chi connectivity index (χ0) is 19.2. The minimum absolute atomic E-state index is 0.132. The highest BCUT2D eigenvalue weighted by molar-refractivity contribution is 6.36. The van der Waals surface area contributed by atoms with E-state index in [9.17, 15) is 23.5 Å². The summed E-state index contributed by atoms with van der Waals surface area (Å²) in [7, 11) is 2.64. The lowest BCUT2D eigenvalue weighted by Crippen LogP contribution is -2.34. The zero-order valence-electron chi connectivity index (χ0n) is 13.8. The molecule has 0 spiro atoms. The predicted octanol–water partition coefficient (Wildman–Crippen LogP) is 3.45. The van der Waals surface area contributed by atoms with Gasteiger partial charge in [0.25, 0.3) is 11.5 Å². The summed E-state index contributed by atoms with van der Waals surface area (Å²) in [6.45, 7) is 0. The Balaban J connectivity index is 2.23. The molecule has 0 atom stereocenters. The van der Waals surface area contributed by atoms with Gasteiger partial charge in [-0.25, -0.2) is 8.78 Å². The number of hydrogen-bond acceptors (Lipinski definition) is 3. The van der Waals surface area contributed by atoms with Crippen molar-refractivity contribution < 1.29 is 18.7 Å². The molecule has 26 heavy (non-hydrogen) atoms. The summed E-state index contributed by atoms with van der Waals surface area (Å²) in [5.74, 6) is -3.32. The van der Waals surface area contributed by atoms with Crippen LogP contribution in [-0.2, 0) is 7.05 Å². The van der Waals surface area contributed by atoms with Crippen LogP contribution < -0.4 is 10.5 Å². The standard InChI is InChI=1S/C18H13ClF2N2O3/c1-22(12-7-6-9(20)8-11(12)21)17(25)15-16(24)14-10(19)4-3-5-13(14)23(2)18(15)26/h3-8,24H,1-2H3. The number of nitrogens with zero attached hydrogens (tertiary/aromatic N) is 2. The Bertz CT molecular complexity index is 1110. The molecule has 5 nitrogen and oxygen atoms in total. The molecule has 1 heterocycles. The maximum absolute atomic E-state index is 14.0. The first-order valence-electron chi connectivity index (χ1n) is 7.47. The third-order valence-corrected chi connectivity index (χ3v) is 4.45. The molecule has 1 N–H and O–H groups in total. The van der Waals surface area contributed by atoms with Crippen LogP contribution >= 0.6 is 11.6 Å². The van der Waals surface area contributed by atoms with Gasteiger partial charge in [-0.2, -0.15) is 0 Å². The fraction of sp³-hybridized carbons (Fsp3) is 0.111. The Kier molecular flexibility index (Phi) is 4.41. The van der Waals surface area contributed by atoms with E-state index >= 15 is 0 Å². The first-order chi connectivity index (χ1) is 12.2. The average molecular weight is 379 g/mol. The molecular formula is C18H13ClF2N2O3. The van der Waals surface area contributed by atoms with E-state index in [1.165, 1.54) is 24.7 Å². The lowest BCUT2D eigenvalue weighted by Gasteiger charge is -2.20. The second-order valence-corrected chi connectivity index (χ2v) is 6.09. The number of rotatable bonds is 2. The molecule has 0 unspecified atom stereocenters. The number of fused-ring (bicyclic) bond motifs is 1. The number of anilines is 1. The fourth-order valence-corrected chi connectivity index (χ4v) is 3.01. The third-order valence-electron chi connectivity index (χ3n) is 4.13. The van der Waals surface area contributed by atoms with Crippen LogP contribution in [0.3, 0.4) is 0 Å². The number of aromatic nitrogens is 1. The second-order valence-electron chi connectivity index (χ2n) is 5.68. The van der Waals surface area contributed by atoms with E-state index < -0.39 is 34.4 Å². The third kappa shape index (κ3) is 2.70. The molecule has 3 rings (SSSR count). The number of halogens is 3. The van der Waals surface area contributed by atoms with Crippen LogP contribution in [0.5, 0.6) is 5.75 Å². The van der Waals surface area contributed by atoms with Crippen molar-refractivity contribution in [2.75, 3.05) is 11.9 Å². The maximum atomic E-state index is 14.0. The van der Waals surface area contributed by atoms with Gasteiger partial charge in [0, 0.05) is 20.2 Å². The molecule has 0 aliphatic carbocycles. The summed E-state index contributed by atoms with van der Waals surface area (Å²) in [5.41, 5.74) is -1.22. The van der Waals surface area contributed by atoms with Gasteiger partial charge in [-0.1, -0.05) is 17.7 Å². The van der Waals surface area contributed by atoms with Crippen molar-refractivity contribution in [3.63, 3.8) is 0 Å². The Hall–Kier alpha value is -2.93. The summed E-state index contributed by atoms with van der Waals surface area (Å²) in [4.78, 5) is 26.2. The van der Waals surface area contributed by atoms with E-state index in [2.05, 4.69) is 0 Å². The Morgan fingerprint density at radius 1 is 1.23 bits per heavy atom. The number of benzene rings is 2. The summed E-state index contributed by atoms with van der Waals surface area (Å²) in [6, 6.07) is 7.35. The summed E-state index contributed by atoms with van der Waals surface area (Å²) in [6.07, 6.45) is 0. The molecule has 0 radical (unpaired) electrons. The highest BCUT2D eigenvalue weighted by Crippen LogP contribution is 2.33. The molecule has 3 aromatic rings. The topological polar surface area (TPSA) is 62.5 Å². The largest absolute Gasteiger partial charge is 0.506 e. The first-order valence-corrected chi connectivity index (χ1v) is 7.85. The van der Waals surface area contributed by atoms with Gasteiger partial charge in [0.05, 0.1) is 21.6 Å². The SMILES string of the molecule is CN(C(=O)c1c(O)c2c(Cl)cccc2n(C)c1=O)c1ccc(F)cc1F. The van der Waals surface area contributed by atoms with E-state index in [1.54, 1.807) is 12.1 Å². The average Bonchev–Trinajstić information content (AvgIpc) is 2.59. The van der Waals surface area contributed by atoms with Crippen molar-refractivity contribution in [1.82, 2.24) is 4.57 Å². The number of carbonyl (C=O) groups is 1. The Labute approximate surface area is 151 Å². The van der Waals surface area contributed by atoms with Crippen LogP contribution in [0.25, 0.3) is 10.9 Å². The molecule has 0 bridgehead atoms. The van der Waals surface area contributed by atoms with Crippen LogP contribution in [-0.4, -0.2) is 22.6 Å². The van der Waals surface area contributed by atoms with E-state index in [4.69, 9.17) is 11.6 Å². The molecule has 2 aromatic carbocycles. The highest BCUT2D eigenvalue weighted by Gasteiger charge is 2.26. The molecule has 1 amide bonds. The number of aryl methyl sites for hydroxylation is 1. The minimum atomic E-state index is -0.976. The number of pyridine rings is 1. The van der Waals surface area contributed by atoms with E-state index in [0.29, 0.717) is 11.6 Å². The first kappa shape index (κ1) is 17.9. The molecule has 0 aliphatic rings. The van der Waals surface area contributed by atoms with E-state index in [0.717, 1.165) is 17.0 Å². The van der Waals surface area contributed by atoms with Gasteiger partial charge >= 0.3 is 0 Å². The van der Waals surface area contributed by atoms with Crippen LogP contribution in [0, 0.1) is 11.6 Å². The molecule has 0 fully saturated rings. The van der Waals surface area contributed by atoms with Gasteiger partial charge in [-0.05, 0) is 24.3 Å². The maximum Gasteiger partial charge on any atom is 0.267 e. The van der Waals surface area contributed by atoms with Gasteiger partial charge < -0.3 is 14.6 Å². The number of hydrogen-bond donors (Lipinski definition) is 1. The van der Waals surface area contributed by atoms with Crippen molar-refractivity contribution in [1.29, 1.82) is 0 Å². The van der Waals surface area contributed by atoms with Crippen LogP contribution in [0.1, 0.15) is 10.4 Å². The lowest BCUT2D eigenvalue weighted by atomic mass is 10.1. The predicted molar refractivity (Wildman–Crippen MR) is 95.0 cm³/mol. The van der Waals surface area contributed by atoms with Crippen molar-refractivity contribution in [3.8, 4) is 5.75 Å². The number of carbonyl (C=O) groups excluding carboxylic acids is 1. The van der Waals surface area contributed by atoms with Crippen molar-refractivity contribution in [2.24, 2.45) is 7.05 Å². The summed E-state index contributed by atoms with van der Waals surface area (Å²) < 4.78 is 28.2. The van der Waals surface area contributed by atoms with Crippen LogP contribution in [0.2, 0.25) is 5.02 Å². The molecule has 134 valence electrons. The lowest BCUT2D eigenvalue weighted by molar-refractivity contribution is 0.0988. The summed E-state index contributed by atoms with van der Waals surface area (Å²) in [5, 5.41) is 10.8. The van der Waals surface area contributed by atoms with Crippen molar-refractivity contribution >= 4 is 34.1 Å². The normalized spacial score (nSPS) is 11.0. The molecule has 0 aliphatic heterocycles. The molecule has 0 saturated carbocycles. The molecule has 8 heteroatoms. The Morgan fingerprint density at radius 2 is 1.92 bits per heavy atom. The van der Waals surface area contributed by atoms with Crippen molar-refractivity contribution in [3.05, 3.63) is 69.0 Å². The molecule has 0 saturated heterocycles. The monoisotopic (exact) mass is 378 g/mol. The van der Waals surface area contributed by atoms with Crippen molar-refractivity contribution in [2.45, 2.75) is 0 Å². The second kappa shape index (κ2) is 6.42. The highest BCUT2D eigenvalue weighted by atomic mass is 35.5. The molecule has 1 aromatic heterocycles. The van der Waals surface area contributed by atoms with Crippen LogP contribution in [0.4, 0.5) is 14.5 Å². The quantitative estimate of drug-likeness (QED) is 0.743. The van der Waals surface area contributed by atoms with Crippen LogP contribution in [0.15, 0.2) is 41.2 Å². The smallest absolute Gasteiger partial charge is 0.267 e. The van der Waals surface area contributed by atoms with Gasteiger partial charge in [-0.3, -0.25) is 9.59 Å². The van der Waals surface area contributed by atoms with Gasteiger partial charge in [0.15, 0.2) is 0 Å². The van der Waals surface area contributed by atoms with Gasteiger partial charge in [0.2, 0.25) is 0 Å². The van der Waals surface area contributed by atoms with Gasteiger partial charge in [0.1, 0.15) is 22.9 Å². The fourth-order valence-electron chi connectivity index (χ4n) is 2.75. The van der Waals surface area contributed by atoms with Gasteiger partial charge in [-0.15, -0.1) is 0 Å². The van der Waals surface area contributed by atoms with E-state index in [1.807, 2.05) is 0 Å². The molecular weight excluding hydrogens is 366 g/mol. The van der Waals surface area contributed by atoms with E-state index in [-0.39, 0.29) is 16.1 Å². The Morgan fingerprint density at radius 3 is 2.58 bits per heavy atom. The zero-order valence-corrected chi connectivity index (χ0v) is 14.5. The number of aromatic hydroxyl groups is 1. The minimum Gasteiger partial charge on any atom is -0.506 e.